The Hall–Kier alpha value is -1.26. The molecule has 5 nitrogen and oxygen atoms in total. The highest BCUT2D eigenvalue weighted by atomic mass is 16.4. The van der Waals surface area contributed by atoms with Gasteiger partial charge in [0.25, 0.3) is 0 Å². The second-order valence-corrected chi connectivity index (χ2v) is 5.35. The van der Waals surface area contributed by atoms with E-state index in [1.54, 1.807) is 0 Å². The number of aliphatic carboxylic acids is 1. The molecule has 5 heteroatoms. The Morgan fingerprint density at radius 2 is 1.88 bits per heavy atom. The molecule has 100 valence electrons. The fraction of sp³-hybridized carbons (Fsp3) is 0.833. The summed E-state index contributed by atoms with van der Waals surface area (Å²) in [5, 5.41) is 11.6. The van der Waals surface area contributed by atoms with Gasteiger partial charge in [-0.25, -0.2) is 4.79 Å². The summed E-state index contributed by atoms with van der Waals surface area (Å²) in [6.45, 7) is 9.84. The van der Waals surface area contributed by atoms with Crippen LogP contribution in [0.4, 0.5) is 4.79 Å². The molecule has 0 saturated heterocycles. The molecule has 2 amide bonds. The van der Waals surface area contributed by atoms with Gasteiger partial charge in [-0.3, -0.25) is 4.79 Å². The van der Waals surface area contributed by atoms with Gasteiger partial charge < -0.3 is 15.3 Å². The zero-order valence-electron chi connectivity index (χ0n) is 11.4. The highest BCUT2D eigenvalue weighted by molar-refractivity contribution is 5.80. The lowest BCUT2D eigenvalue weighted by Gasteiger charge is -2.34. The van der Waals surface area contributed by atoms with Crippen molar-refractivity contribution in [3.05, 3.63) is 0 Å². The molecule has 0 saturated carbocycles. The number of nitrogens with one attached hydrogen (secondary N) is 1. The fourth-order valence-electron chi connectivity index (χ4n) is 1.25. The molecule has 0 fully saturated rings. The first kappa shape index (κ1) is 15.7. The number of carboxylic acids is 1. The second kappa shape index (κ2) is 6.47. The summed E-state index contributed by atoms with van der Waals surface area (Å²) in [7, 11) is 0. The predicted molar refractivity (Wildman–Crippen MR) is 66.9 cm³/mol. The van der Waals surface area contributed by atoms with Crippen molar-refractivity contribution in [3.63, 3.8) is 0 Å². The first-order valence-electron chi connectivity index (χ1n) is 5.95. The van der Waals surface area contributed by atoms with Crippen LogP contribution in [0.1, 0.15) is 41.0 Å². The summed E-state index contributed by atoms with van der Waals surface area (Å²) in [5.41, 5.74) is -0.502. The number of carbonyl (C=O) groups excluding carboxylic acids is 1. The number of carbonyl (C=O) groups is 2. The van der Waals surface area contributed by atoms with E-state index in [-0.39, 0.29) is 12.6 Å². The van der Waals surface area contributed by atoms with Gasteiger partial charge in [0.15, 0.2) is 0 Å². The van der Waals surface area contributed by atoms with E-state index >= 15 is 0 Å². The van der Waals surface area contributed by atoms with E-state index in [2.05, 4.69) is 12.2 Å². The van der Waals surface area contributed by atoms with E-state index < -0.39 is 11.5 Å². The zero-order chi connectivity index (χ0) is 13.6. The highest BCUT2D eigenvalue weighted by Crippen LogP contribution is 2.13. The molecule has 17 heavy (non-hydrogen) atoms. The zero-order valence-corrected chi connectivity index (χ0v) is 11.4. The molecule has 0 aromatic heterocycles. The van der Waals surface area contributed by atoms with Gasteiger partial charge in [0, 0.05) is 12.1 Å². The van der Waals surface area contributed by atoms with Crippen LogP contribution in [-0.4, -0.2) is 40.6 Å². The Bertz CT molecular complexity index is 271. The van der Waals surface area contributed by atoms with Crippen LogP contribution in [0.15, 0.2) is 0 Å². The van der Waals surface area contributed by atoms with Crippen molar-refractivity contribution in [2.24, 2.45) is 5.92 Å². The Morgan fingerprint density at radius 1 is 1.35 bits per heavy atom. The number of rotatable bonds is 5. The van der Waals surface area contributed by atoms with Gasteiger partial charge in [0.2, 0.25) is 0 Å². The average Bonchev–Trinajstić information content (AvgIpc) is 2.20. The lowest BCUT2D eigenvalue weighted by Crippen LogP contribution is -2.53. The number of hydrogen-bond donors (Lipinski definition) is 2. The molecule has 1 unspecified atom stereocenters. The largest absolute Gasteiger partial charge is 0.480 e. The molecule has 0 aliphatic rings. The Kier molecular flexibility index (Phi) is 5.99. The summed E-state index contributed by atoms with van der Waals surface area (Å²) >= 11 is 0. The van der Waals surface area contributed by atoms with Crippen molar-refractivity contribution in [2.45, 2.75) is 46.6 Å². The molecule has 0 spiro atoms. The lowest BCUT2D eigenvalue weighted by atomic mass is 10.1. The minimum Gasteiger partial charge on any atom is -0.480 e. The standard InChI is InChI=1S/C12H24N2O3/c1-6-9(2)7-13-11(17)14(8-10(15)16)12(3,4)5/h9H,6-8H2,1-5H3,(H,13,17)(H,15,16). The van der Waals surface area contributed by atoms with Crippen LogP contribution in [0.3, 0.4) is 0 Å². The Morgan fingerprint density at radius 3 is 2.24 bits per heavy atom. The van der Waals surface area contributed by atoms with Gasteiger partial charge in [0.1, 0.15) is 6.54 Å². The third kappa shape index (κ3) is 6.14. The number of nitrogens with zero attached hydrogens (tertiary/aromatic N) is 1. The van der Waals surface area contributed by atoms with Crippen LogP contribution in [-0.2, 0) is 4.79 Å². The third-order valence-corrected chi connectivity index (χ3v) is 2.65. The van der Waals surface area contributed by atoms with Crippen LogP contribution in [0.25, 0.3) is 0 Å². The molecular weight excluding hydrogens is 220 g/mol. The van der Waals surface area contributed by atoms with Gasteiger partial charge in [-0.15, -0.1) is 0 Å². The quantitative estimate of drug-likeness (QED) is 0.776. The number of amides is 2. The van der Waals surface area contributed by atoms with E-state index in [0.717, 1.165) is 6.42 Å². The number of urea groups is 1. The van der Waals surface area contributed by atoms with E-state index in [1.165, 1.54) is 4.90 Å². The summed E-state index contributed by atoms with van der Waals surface area (Å²) in [6.07, 6.45) is 0.981. The number of hydrogen-bond acceptors (Lipinski definition) is 2. The second-order valence-electron chi connectivity index (χ2n) is 5.35. The topological polar surface area (TPSA) is 69.6 Å². The van der Waals surface area contributed by atoms with Gasteiger partial charge in [0.05, 0.1) is 0 Å². The smallest absolute Gasteiger partial charge is 0.323 e. The van der Waals surface area contributed by atoms with Crippen molar-refractivity contribution in [3.8, 4) is 0 Å². The van der Waals surface area contributed by atoms with Crippen LogP contribution in [0, 0.1) is 5.92 Å². The summed E-state index contributed by atoms with van der Waals surface area (Å²) in [6, 6.07) is -0.319. The Labute approximate surface area is 103 Å². The molecular formula is C12H24N2O3. The SMILES string of the molecule is CCC(C)CNC(=O)N(CC(=O)O)C(C)(C)C. The molecule has 0 rings (SSSR count). The van der Waals surface area contributed by atoms with Crippen molar-refractivity contribution >= 4 is 12.0 Å². The van der Waals surface area contributed by atoms with Crippen molar-refractivity contribution in [1.82, 2.24) is 10.2 Å². The third-order valence-electron chi connectivity index (χ3n) is 2.65. The van der Waals surface area contributed by atoms with E-state index in [0.29, 0.717) is 12.5 Å². The van der Waals surface area contributed by atoms with Gasteiger partial charge in [-0.1, -0.05) is 20.3 Å². The van der Waals surface area contributed by atoms with Crippen LogP contribution < -0.4 is 5.32 Å². The van der Waals surface area contributed by atoms with Gasteiger partial charge in [-0.2, -0.15) is 0 Å². The summed E-state index contributed by atoms with van der Waals surface area (Å²) in [4.78, 5) is 24.0. The normalized spacial score (nSPS) is 13.0. The molecule has 2 N–H and O–H groups in total. The molecule has 0 aromatic carbocycles. The minimum absolute atomic E-state index is 0.282. The van der Waals surface area contributed by atoms with Crippen LogP contribution in [0.2, 0.25) is 0 Å². The maximum atomic E-state index is 11.9. The molecule has 0 aromatic rings. The number of carboxylic acid groups (broad SMARTS) is 1. The van der Waals surface area contributed by atoms with E-state index in [4.69, 9.17) is 5.11 Å². The average molecular weight is 244 g/mol. The molecule has 0 radical (unpaired) electrons. The maximum absolute atomic E-state index is 11.9. The van der Waals surface area contributed by atoms with E-state index in [1.807, 2.05) is 27.7 Å². The van der Waals surface area contributed by atoms with Crippen LogP contribution in [0.5, 0.6) is 0 Å². The highest BCUT2D eigenvalue weighted by Gasteiger charge is 2.28. The van der Waals surface area contributed by atoms with E-state index in [9.17, 15) is 9.59 Å². The fourth-order valence-corrected chi connectivity index (χ4v) is 1.25. The Balaban J connectivity index is 4.49. The molecule has 0 bridgehead atoms. The molecule has 0 aliphatic heterocycles. The van der Waals surface area contributed by atoms with Crippen LogP contribution >= 0.6 is 0 Å². The van der Waals surface area contributed by atoms with Crippen molar-refractivity contribution in [1.29, 1.82) is 0 Å². The maximum Gasteiger partial charge on any atom is 0.323 e. The molecule has 0 aliphatic carbocycles. The van der Waals surface area contributed by atoms with Crippen molar-refractivity contribution < 1.29 is 14.7 Å². The molecule has 1 atom stereocenters. The minimum atomic E-state index is -1.00. The molecule has 0 heterocycles. The van der Waals surface area contributed by atoms with Crippen molar-refractivity contribution in [2.75, 3.05) is 13.1 Å². The first-order chi connectivity index (χ1) is 7.68. The van der Waals surface area contributed by atoms with Gasteiger partial charge >= 0.3 is 12.0 Å². The lowest BCUT2D eigenvalue weighted by molar-refractivity contribution is -0.138. The monoisotopic (exact) mass is 244 g/mol. The summed E-state index contributed by atoms with van der Waals surface area (Å²) < 4.78 is 0. The van der Waals surface area contributed by atoms with Gasteiger partial charge in [-0.05, 0) is 26.7 Å². The summed E-state index contributed by atoms with van der Waals surface area (Å²) in [5.74, 6) is -0.607. The predicted octanol–water partition coefficient (Wildman–Crippen LogP) is 1.93. The first-order valence-corrected chi connectivity index (χ1v) is 5.95.